The maximum atomic E-state index is 12.6. The quantitative estimate of drug-likeness (QED) is 0.0698. The Balaban J connectivity index is 1.52. The van der Waals surface area contributed by atoms with Gasteiger partial charge in [0.05, 0.1) is 12.1 Å². The summed E-state index contributed by atoms with van der Waals surface area (Å²) in [5.74, 6) is 11.6. The lowest BCUT2D eigenvalue weighted by atomic mass is 9.79. The number of piperidine rings is 2. The number of hydrazine groups is 2. The second kappa shape index (κ2) is 15.8. The van der Waals surface area contributed by atoms with Gasteiger partial charge in [-0.1, -0.05) is 12.8 Å². The van der Waals surface area contributed by atoms with Crippen LogP contribution < -0.4 is 33.0 Å². The van der Waals surface area contributed by atoms with Crippen LogP contribution in [-0.2, 0) is 19.2 Å². The van der Waals surface area contributed by atoms with Crippen molar-refractivity contribution in [2.45, 2.75) is 167 Å². The van der Waals surface area contributed by atoms with Crippen LogP contribution >= 0.6 is 0 Å². The molecule has 0 spiro atoms. The first-order valence-corrected chi connectivity index (χ1v) is 16.5. The topological polar surface area (TPSA) is 175 Å². The second-order valence-corrected chi connectivity index (χ2v) is 15.6. The Morgan fingerprint density at radius 3 is 1.16 bits per heavy atom. The largest absolute Gasteiger partial charge is 0.356 e. The summed E-state index contributed by atoms with van der Waals surface area (Å²) in [6.45, 7) is 18.0. The molecule has 0 bridgehead atoms. The van der Waals surface area contributed by atoms with E-state index in [9.17, 15) is 19.2 Å². The average Bonchev–Trinajstić information content (AvgIpc) is 2.87. The zero-order valence-electron chi connectivity index (χ0n) is 28.7. The number of nitrogens with two attached hydrogens (primary N) is 2. The highest BCUT2D eigenvalue weighted by Gasteiger charge is 2.41. The fraction of sp³-hybridized carbons (Fsp3) is 0.875. The molecule has 12 nitrogen and oxygen atoms in total. The van der Waals surface area contributed by atoms with Gasteiger partial charge in [-0.05, 0) is 93.9 Å². The summed E-state index contributed by atoms with van der Waals surface area (Å²) in [5, 5.41) is 15.6. The third-order valence-corrected chi connectivity index (χ3v) is 8.58. The highest BCUT2D eigenvalue weighted by atomic mass is 16.2. The first-order chi connectivity index (χ1) is 20.2. The number of unbranched alkanes of at least 4 members (excludes halogenated alkanes) is 3. The predicted molar refractivity (Wildman–Crippen MR) is 174 cm³/mol. The molecule has 4 amide bonds. The van der Waals surface area contributed by atoms with Gasteiger partial charge in [-0.3, -0.25) is 29.2 Å². The van der Waals surface area contributed by atoms with E-state index in [1.54, 1.807) is 0 Å². The fourth-order valence-electron chi connectivity index (χ4n) is 7.27. The van der Waals surface area contributed by atoms with E-state index in [0.29, 0.717) is 13.1 Å². The molecule has 2 aliphatic rings. The van der Waals surface area contributed by atoms with E-state index in [0.717, 1.165) is 51.4 Å². The number of carbonyl (C=O) groups is 4. The van der Waals surface area contributed by atoms with E-state index in [1.165, 1.54) is 10.0 Å². The molecule has 8 N–H and O–H groups in total. The minimum absolute atomic E-state index is 0.0646. The Hall–Kier alpha value is -2.28. The van der Waals surface area contributed by atoms with Crippen LogP contribution in [0.4, 0.5) is 0 Å². The van der Waals surface area contributed by atoms with Crippen LogP contribution in [0.15, 0.2) is 0 Å². The van der Waals surface area contributed by atoms with Gasteiger partial charge in [-0.2, -0.15) is 0 Å². The molecule has 44 heavy (non-hydrogen) atoms. The minimum atomic E-state index is -0.208. The van der Waals surface area contributed by atoms with Crippen LogP contribution in [0.3, 0.4) is 0 Å². The molecule has 0 saturated carbocycles. The molecule has 0 aliphatic carbocycles. The van der Waals surface area contributed by atoms with E-state index in [1.807, 2.05) is 0 Å². The highest BCUT2D eigenvalue weighted by molar-refractivity contribution is 5.84. The molecule has 12 heteroatoms. The van der Waals surface area contributed by atoms with Crippen molar-refractivity contribution in [2.75, 3.05) is 13.1 Å². The predicted octanol–water partition coefficient (Wildman–Crippen LogP) is 2.36. The zero-order valence-corrected chi connectivity index (χ0v) is 28.7. The number of nitrogens with one attached hydrogen (secondary N) is 4. The van der Waals surface area contributed by atoms with Gasteiger partial charge in [-0.25, -0.2) is 11.7 Å². The number of carbonyl (C=O) groups excluding carboxylic acids is 4. The van der Waals surface area contributed by atoms with Crippen molar-refractivity contribution < 1.29 is 19.2 Å². The van der Waals surface area contributed by atoms with Gasteiger partial charge in [0.25, 0.3) is 0 Å². The van der Waals surface area contributed by atoms with Crippen molar-refractivity contribution in [2.24, 2.45) is 11.7 Å². The van der Waals surface area contributed by atoms with Crippen molar-refractivity contribution in [1.29, 1.82) is 0 Å². The normalized spacial score (nSPS) is 20.9. The molecule has 0 aromatic heterocycles. The van der Waals surface area contributed by atoms with Gasteiger partial charge in [0.1, 0.15) is 0 Å². The van der Waals surface area contributed by atoms with Crippen molar-refractivity contribution in [1.82, 2.24) is 31.3 Å². The van der Waals surface area contributed by atoms with E-state index < -0.39 is 0 Å². The molecule has 2 rings (SSSR count). The lowest BCUT2D eigenvalue weighted by molar-refractivity contribution is -0.138. The van der Waals surface area contributed by atoms with Gasteiger partial charge >= 0.3 is 0 Å². The molecule has 0 radical (unpaired) electrons. The van der Waals surface area contributed by atoms with E-state index in [2.05, 4.69) is 76.7 Å². The van der Waals surface area contributed by atoms with Crippen LogP contribution in [0.25, 0.3) is 0 Å². The Morgan fingerprint density at radius 1 is 0.568 bits per heavy atom. The summed E-state index contributed by atoms with van der Waals surface area (Å²) in [7, 11) is 0. The van der Waals surface area contributed by atoms with Crippen LogP contribution in [0.1, 0.15) is 132 Å². The van der Waals surface area contributed by atoms with Gasteiger partial charge in [0.15, 0.2) is 0 Å². The van der Waals surface area contributed by atoms with Crippen molar-refractivity contribution in [3.8, 4) is 0 Å². The number of nitrogens with zero attached hydrogens (tertiary/aromatic N) is 2. The van der Waals surface area contributed by atoms with Gasteiger partial charge in [-0.15, -0.1) is 0 Å². The summed E-state index contributed by atoms with van der Waals surface area (Å²) in [4.78, 5) is 49.8. The van der Waals surface area contributed by atoms with Crippen molar-refractivity contribution in [3.63, 3.8) is 0 Å². The molecule has 2 saturated heterocycles. The molecule has 0 aromatic rings. The van der Waals surface area contributed by atoms with Gasteiger partial charge < -0.3 is 21.3 Å². The number of hydrogen-bond acceptors (Lipinski definition) is 8. The molecule has 2 heterocycles. The molecule has 0 aromatic carbocycles. The second-order valence-electron chi connectivity index (χ2n) is 15.6. The Bertz CT molecular complexity index is 887. The number of rotatable bonds is 15. The summed E-state index contributed by atoms with van der Waals surface area (Å²) < 4.78 is 0. The summed E-state index contributed by atoms with van der Waals surface area (Å²) in [6, 6.07) is -0.129. The van der Waals surface area contributed by atoms with Crippen LogP contribution in [0.2, 0.25) is 0 Å². The minimum Gasteiger partial charge on any atom is -0.356 e. The molecule has 0 atom stereocenters. The maximum absolute atomic E-state index is 12.6. The Morgan fingerprint density at radius 2 is 0.864 bits per heavy atom. The number of amides is 4. The maximum Gasteiger partial charge on any atom is 0.237 e. The zero-order chi connectivity index (χ0) is 33.3. The first kappa shape index (κ1) is 37.9. The van der Waals surface area contributed by atoms with E-state index in [4.69, 9.17) is 11.7 Å². The van der Waals surface area contributed by atoms with Crippen LogP contribution in [0, 0.1) is 0 Å². The first-order valence-electron chi connectivity index (χ1n) is 16.5. The van der Waals surface area contributed by atoms with Crippen LogP contribution in [-0.4, -0.2) is 81.0 Å². The lowest BCUT2D eigenvalue weighted by Crippen LogP contribution is -2.64. The summed E-state index contributed by atoms with van der Waals surface area (Å²) >= 11 is 0. The molecule has 2 aliphatic heterocycles. The highest BCUT2D eigenvalue weighted by Crippen LogP contribution is 2.32. The monoisotopic (exact) mass is 622 g/mol. The third-order valence-electron chi connectivity index (χ3n) is 8.58. The Kier molecular flexibility index (Phi) is 13.6. The summed E-state index contributed by atoms with van der Waals surface area (Å²) in [5.41, 5.74) is -0.488. The van der Waals surface area contributed by atoms with Crippen molar-refractivity contribution >= 4 is 23.6 Å². The van der Waals surface area contributed by atoms with Gasteiger partial charge in [0, 0.05) is 60.9 Å². The number of hydrogen-bond donors (Lipinski definition) is 6. The van der Waals surface area contributed by atoms with E-state index >= 15 is 0 Å². The molecule has 0 unspecified atom stereocenters. The smallest absolute Gasteiger partial charge is 0.237 e. The van der Waals surface area contributed by atoms with Crippen LogP contribution in [0.5, 0.6) is 0 Å². The summed E-state index contributed by atoms with van der Waals surface area (Å²) in [6.07, 6.45) is 6.94. The van der Waals surface area contributed by atoms with E-state index in [-0.39, 0.29) is 83.6 Å². The average molecular weight is 623 g/mol. The van der Waals surface area contributed by atoms with Gasteiger partial charge in [0.2, 0.25) is 23.6 Å². The molecule has 2 fully saturated rings. The molecular weight excluding hydrogens is 560 g/mol. The third kappa shape index (κ3) is 13.4. The molecular formula is C32H62N8O4. The fourth-order valence-corrected chi connectivity index (χ4v) is 7.27. The SMILES string of the molecule is CC1(C)CC(N(N)C(=O)CCC(=O)NCCCCCCNC(=O)CCC(=O)N(N)C2CC(C)(C)NC(C)(C)C2)CC(C)(C)N1. The Labute approximate surface area is 265 Å². The molecule has 254 valence electrons. The standard InChI is InChI=1S/C32H62N8O4/c1-29(2)19-23(20-30(3,4)37-29)39(33)27(43)15-13-25(41)35-17-11-9-10-12-18-36-26(42)14-16-28(44)40(34)24-21-31(5,6)38-32(7,8)22-24/h23-24,37-38H,9-22,33-34H2,1-8H3,(H,35,41)(H,36,42). The van der Waals surface area contributed by atoms with Crippen molar-refractivity contribution in [3.05, 3.63) is 0 Å². The lowest BCUT2D eigenvalue weighted by Gasteiger charge is -2.48.